The molecule has 280 valence electrons. The lowest BCUT2D eigenvalue weighted by atomic mass is 9.98. The summed E-state index contributed by atoms with van der Waals surface area (Å²) >= 11 is 0. The number of Topliss-reactive ketones (excluding diaryl/α,β-unsaturated/α-hetero) is 1. The predicted octanol–water partition coefficient (Wildman–Crippen LogP) is 4.34. The maximum absolute atomic E-state index is 13.5. The van der Waals surface area contributed by atoms with Crippen LogP contribution in [-0.2, 0) is 46.5 Å². The number of hydrogen-bond acceptors (Lipinski definition) is 9. The first kappa shape index (κ1) is 44.1. The molecule has 13 nitrogen and oxygen atoms in total. The van der Waals surface area contributed by atoms with Crippen LogP contribution in [0.25, 0.3) is 0 Å². The van der Waals surface area contributed by atoms with Crippen LogP contribution in [0.15, 0.2) is 6.20 Å². The smallest absolute Gasteiger partial charge is 0.240 e. The quantitative estimate of drug-likeness (QED) is 0.207. The minimum atomic E-state index is -3.80. The average Bonchev–Trinajstić information content (AvgIpc) is 3.51. The highest BCUT2D eigenvalue weighted by molar-refractivity contribution is 7.89. The highest BCUT2D eigenvalue weighted by Crippen LogP contribution is 2.24. The summed E-state index contributed by atoms with van der Waals surface area (Å²) in [4.78, 5) is 25.2. The van der Waals surface area contributed by atoms with E-state index in [4.69, 9.17) is 4.74 Å². The first-order chi connectivity index (χ1) is 22.2. The topological polar surface area (TPSA) is 161 Å². The highest BCUT2D eigenvalue weighted by atomic mass is 32.2. The summed E-state index contributed by atoms with van der Waals surface area (Å²) in [5.74, 6) is -0.197. The number of carbonyl (C=O) groups excluding carboxylic acids is 2. The zero-order valence-corrected chi connectivity index (χ0v) is 33.0. The van der Waals surface area contributed by atoms with E-state index in [2.05, 4.69) is 15.6 Å². The van der Waals surface area contributed by atoms with E-state index in [1.165, 1.54) is 8.61 Å². The lowest BCUT2D eigenvalue weighted by Gasteiger charge is -2.39. The van der Waals surface area contributed by atoms with E-state index < -0.39 is 43.1 Å². The number of aromatic nitrogens is 3. The average molecular weight is 721 g/mol. The fourth-order valence-corrected chi connectivity index (χ4v) is 8.58. The van der Waals surface area contributed by atoms with E-state index >= 15 is 0 Å². The number of nitrogens with one attached hydrogen (secondary N) is 1. The zero-order valence-electron chi connectivity index (χ0n) is 31.4. The van der Waals surface area contributed by atoms with Crippen molar-refractivity contribution in [1.29, 1.82) is 0 Å². The van der Waals surface area contributed by atoms with Gasteiger partial charge >= 0.3 is 0 Å². The number of ether oxygens (including phenoxy) is 1. The SMILES string of the molecule is CC.CCC(=O)CCC(C)(C)OCCC(C)(C)n1cc(CNC(=O)C2CN(S(=O)(=O)CCC(C)C)CCN2S(=O)(=O)CCC(C)C)nn1. The van der Waals surface area contributed by atoms with Crippen molar-refractivity contribution in [3.63, 3.8) is 0 Å². The van der Waals surface area contributed by atoms with Crippen molar-refractivity contribution in [3.05, 3.63) is 11.9 Å². The maximum Gasteiger partial charge on any atom is 0.240 e. The molecule has 1 saturated heterocycles. The Labute approximate surface area is 291 Å². The fraction of sp³-hybridized carbons (Fsp3) is 0.879. The summed E-state index contributed by atoms with van der Waals surface area (Å²) < 4.78 is 63.0. The molecule has 1 aliphatic heterocycles. The van der Waals surface area contributed by atoms with Crippen LogP contribution in [0.1, 0.15) is 120 Å². The molecular weight excluding hydrogens is 657 g/mol. The molecule has 1 amide bonds. The summed E-state index contributed by atoms with van der Waals surface area (Å²) in [6, 6.07) is -1.20. The minimum Gasteiger partial charge on any atom is -0.375 e. The Bertz CT molecular complexity index is 1360. The Morgan fingerprint density at radius 3 is 2.10 bits per heavy atom. The standard InChI is InChI=1S/C31H58N6O7S2.C2H6/c1-10-27(38)11-14-31(8,9)44-18-15-30(6,7)37-22-26(33-34-37)21-32-29(39)28-23-35(45(40,41)19-12-24(2)3)16-17-36(28)46(42,43)20-13-25(4)5;1-2/h22,24-25,28H,10-21,23H2,1-9H3,(H,32,39);1-2H3. The van der Waals surface area contributed by atoms with Gasteiger partial charge in [0.2, 0.25) is 26.0 Å². The molecule has 0 bridgehead atoms. The van der Waals surface area contributed by atoms with Crippen molar-refractivity contribution in [1.82, 2.24) is 28.9 Å². The van der Waals surface area contributed by atoms with Gasteiger partial charge in [0.25, 0.3) is 0 Å². The van der Waals surface area contributed by atoms with Gasteiger partial charge in [0.15, 0.2) is 0 Å². The van der Waals surface area contributed by atoms with E-state index in [0.717, 1.165) is 0 Å². The van der Waals surface area contributed by atoms with Crippen LogP contribution in [0.2, 0.25) is 0 Å². The predicted molar refractivity (Wildman–Crippen MR) is 190 cm³/mol. The lowest BCUT2D eigenvalue weighted by molar-refractivity contribution is -0.126. The molecule has 0 spiro atoms. The van der Waals surface area contributed by atoms with E-state index in [1.807, 2.05) is 76.2 Å². The number of rotatable bonds is 20. The van der Waals surface area contributed by atoms with Crippen molar-refractivity contribution in [2.24, 2.45) is 11.8 Å². The number of sulfonamides is 2. The Hall–Kier alpha value is -1.94. The molecule has 1 aliphatic rings. The molecule has 0 radical (unpaired) electrons. The highest BCUT2D eigenvalue weighted by Gasteiger charge is 2.42. The molecule has 1 aromatic heterocycles. The van der Waals surface area contributed by atoms with Gasteiger partial charge in [-0.2, -0.15) is 8.61 Å². The Morgan fingerprint density at radius 2 is 1.54 bits per heavy atom. The fourth-order valence-electron chi connectivity index (χ4n) is 4.91. The van der Waals surface area contributed by atoms with Crippen molar-refractivity contribution in [3.8, 4) is 0 Å². The van der Waals surface area contributed by atoms with Gasteiger partial charge in [-0.1, -0.05) is 53.7 Å². The number of ketones is 1. The number of nitrogens with zero attached hydrogens (tertiary/aromatic N) is 5. The summed E-state index contributed by atoms with van der Waals surface area (Å²) in [7, 11) is -7.47. The molecule has 1 fully saturated rings. The molecule has 0 aromatic carbocycles. The lowest BCUT2D eigenvalue weighted by Crippen LogP contribution is -2.61. The molecule has 48 heavy (non-hydrogen) atoms. The number of carbonyl (C=O) groups is 2. The van der Waals surface area contributed by atoms with Gasteiger partial charge in [-0.3, -0.25) is 9.59 Å². The van der Waals surface area contributed by atoms with Gasteiger partial charge in [-0.05, 0) is 65.2 Å². The van der Waals surface area contributed by atoms with Crippen LogP contribution < -0.4 is 5.32 Å². The number of amides is 1. The zero-order chi connectivity index (χ0) is 36.9. The first-order valence-corrected chi connectivity index (χ1v) is 20.7. The second-order valence-corrected chi connectivity index (χ2v) is 18.5. The third kappa shape index (κ3) is 14.5. The van der Waals surface area contributed by atoms with Crippen molar-refractivity contribution < 1.29 is 31.2 Å². The Kier molecular flexibility index (Phi) is 17.9. The minimum absolute atomic E-state index is 0.000380. The van der Waals surface area contributed by atoms with Gasteiger partial charge in [-0.15, -0.1) is 5.10 Å². The van der Waals surface area contributed by atoms with Crippen molar-refractivity contribution in [2.45, 2.75) is 138 Å². The largest absolute Gasteiger partial charge is 0.375 e. The van der Waals surface area contributed by atoms with Gasteiger partial charge in [0.1, 0.15) is 17.5 Å². The first-order valence-electron chi connectivity index (χ1n) is 17.5. The number of hydrogen-bond donors (Lipinski definition) is 1. The molecular formula is C33H64N6O7S2. The molecule has 2 heterocycles. The van der Waals surface area contributed by atoms with E-state index in [-0.39, 0.29) is 55.3 Å². The third-order valence-corrected chi connectivity index (χ3v) is 12.2. The van der Waals surface area contributed by atoms with E-state index in [9.17, 15) is 26.4 Å². The molecule has 1 unspecified atom stereocenters. The summed E-state index contributed by atoms with van der Waals surface area (Å²) in [5, 5.41) is 11.2. The molecule has 1 N–H and O–H groups in total. The van der Waals surface area contributed by atoms with Gasteiger partial charge in [0, 0.05) is 39.1 Å². The third-order valence-electron chi connectivity index (χ3n) is 8.47. The maximum atomic E-state index is 13.5. The van der Waals surface area contributed by atoms with Crippen LogP contribution in [0.4, 0.5) is 0 Å². The van der Waals surface area contributed by atoms with E-state index in [1.54, 1.807) is 10.9 Å². The summed E-state index contributed by atoms with van der Waals surface area (Å²) in [5.41, 5.74) is -0.413. The Morgan fingerprint density at radius 1 is 0.958 bits per heavy atom. The molecule has 2 rings (SSSR count). The van der Waals surface area contributed by atoms with E-state index in [0.29, 0.717) is 50.8 Å². The van der Waals surface area contributed by atoms with Crippen molar-refractivity contribution >= 4 is 31.7 Å². The molecule has 0 aliphatic carbocycles. The van der Waals surface area contributed by atoms with Crippen LogP contribution >= 0.6 is 0 Å². The van der Waals surface area contributed by atoms with Crippen LogP contribution in [0.3, 0.4) is 0 Å². The Balaban J connectivity index is 0.00000565. The monoisotopic (exact) mass is 720 g/mol. The second kappa shape index (κ2) is 19.5. The molecule has 15 heteroatoms. The van der Waals surface area contributed by atoms with Crippen molar-refractivity contribution in [2.75, 3.05) is 37.7 Å². The van der Waals surface area contributed by atoms with Gasteiger partial charge in [0.05, 0.1) is 35.4 Å². The number of piperazine rings is 1. The second-order valence-electron chi connectivity index (χ2n) is 14.4. The summed E-state index contributed by atoms with van der Waals surface area (Å²) in [6.45, 7) is 21.7. The van der Waals surface area contributed by atoms with Crippen LogP contribution in [-0.4, -0.2) is 102 Å². The van der Waals surface area contributed by atoms with Gasteiger partial charge < -0.3 is 10.1 Å². The summed E-state index contributed by atoms with van der Waals surface area (Å²) in [6.07, 6.45) is 4.91. The normalized spacial score (nSPS) is 17.0. The molecule has 0 saturated carbocycles. The van der Waals surface area contributed by atoms with Crippen LogP contribution in [0, 0.1) is 11.8 Å². The molecule has 1 atom stereocenters. The van der Waals surface area contributed by atoms with Crippen LogP contribution in [0.5, 0.6) is 0 Å². The molecule has 1 aromatic rings. The van der Waals surface area contributed by atoms with Gasteiger partial charge in [-0.25, -0.2) is 21.5 Å².